The van der Waals surface area contributed by atoms with E-state index in [-0.39, 0.29) is 17.1 Å². The zero-order chi connectivity index (χ0) is 23.5. The van der Waals surface area contributed by atoms with Gasteiger partial charge in [0.15, 0.2) is 0 Å². The average Bonchev–Trinajstić information content (AvgIpc) is 2.80. The molecule has 32 heavy (non-hydrogen) atoms. The molecule has 0 heterocycles. The molecule has 0 aliphatic rings. The highest BCUT2D eigenvalue weighted by molar-refractivity contribution is 7.98. The quantitative estimate of drug-likeness (QED) is 0.234. The van der Waals surface area contributed by atoms with Gasteiger partial charge in [-0.05, 0) is 54.8 Å². The maximum absolute atomic E-state index is 14.3. The van der Waals surface area contributed by atoms with E-state index < -0.39 is 5.82 Å². The van der Waals surface area contributed by atoms with E-state index in [9.17, 15) is 4.39 Å². The molecule has 0 fully saturated rings. The molecule has 0 aliphatic carbocycles. The summed E-state index contributed by atoms with van der Waals surface area (Å²) in [6.07, 6.45) is 4.40. The average molecular weight is 482 g/mol. The highest BCUT2D eigenvalue weighted by atomic mass is 35.5. The van der Waals surface area contributed by atoms with Crippen molar-refractivity contribution in [1.82, 2.24) is 5.32 Å². The molecule has 9 heteroatoms. The Kier molecular flexibility index (Phi) is 10.4. The van der Waals surface area contributed by atoms with Gasteiger partial charge in [0, 0.05) is 34.5 Å². The first-order valence-electron chi connectivity index (χ1n) is 9.88. The van der Waals surface area contributed by atoms with Crippen LogP contribution in [0.4, 0.5) is 4.39 Å². The SMILES string of the molecule is COc1ccc(CNC(/C=C(\N)c2cc(Cl)ccc2F)=C(/N)OCCCSC)c(OC)c1. The van der Waals surface area contributed by atoms with Gasteiger partial charge in [-0.1, -0.05) is 11.6 Å². The Bertz CT molecular complexity index is 969. The molecule has 2 aromatic carbocycles. The summed E-state index contributed by atoms with van der Waals surface area (Å²) in [6.45, 7) is 0.808. The van der Waals surface area contributed by atoms with Crippen LogP contribution in [0.15, 0.2) is 54.1 Å². The first-order valence-corrected chi connectivity index (χ1v) is 11.7. The van der Waals surface area contributed by atoms with Crippen LogP contribution in [-0.4, -0.2) is 32.8 Å². The molecule has 6 nitrogen and oxygen atoms in total. The number of allylic oxidation sites excluding steroid dienone is 1. The van der Waals surface area contributed by atoms with Gasteiger partial charge in [0.2, 0.25) is 5.88 Å². The fraction of sp³-hybridized carbons (Fsp3) is 0.304. The molecule has 0 unspecified atom stereocenters. The predicted octanol–water partition coefficient (Wildman–Crippen LogP) is 4.48. The summed E-state index contributed by atoms with van der Waals surface area (Å²) in [7, 11) is 3.17. The van der Waals surface area contributed by atoms with Crippen molar-refractivity contribution in [3.8, 4) is 11.5 Å². The Balaban J connectivity index is 2.31. The molecule has 0 atom stereocenters. The number of thioether (sulfide) groups is 1. The van der Waals surface area contributed by atoms with E-state index in [4.69, 9.17) is 37.3 Å². The molecule has 0 saturated carbocycles. The third-order valence-corrected chi connectivity index (χ3v) is 5.45. The van der Waals surface area contributed by atoms with E-state index in [1.54, 1.807) is 32.0 Å². The second kappa shape index (κ2) is 13.0. The van der Waals surface area contributed by atoms with E-state index in [0.717, 1.165) is 17.7 Å². The summed E-state index contributed by atoms with van der Waals surface area (Å²) in [4.78, 5) is 0. The summed E-state index contributed by atoms with van der Waals surface area (Å²) in [6, 6.07) is 9.68. The molecule has 174 valence electrons. The summed E-state index contributed by atoms with van der Waals surface area (Å²) in [5, 5.41) is 3.59. The lowest BCUT2D eigenvalue weighted by molar-refractivity contribution is 0.206. The third kappa shape index (κ3) is 7.46. The summed E-state index contributed by atoms with van der Waals surface area (Å²) in [5.74, 6) is 1.94. The van der Waals surface area contributed by atoms with Crippen molar-refractivity contribution >= 4 is 29.1 Å². The van der Waals surface area contributed by atoms with Crippen molar-refractivity contribution in [2.75, 3.05) is 32.8 Å². The Labute approximate surface area is 197 Å². The second-order valence-electron chi connectivity index (χ2n) is 6.73. The number of nitrogens with two attached hydrogens (primary N) is 2. The van der Waals surface area contributed by atoms with Crippen LogP contribution in [0.5, 0.6) is 11.5 Å². The van der Waals surface area contributed by atoms with Crippen LogP contribution in [0.3, 0.4) is 0 Å². The minimum absolute atomic E-state index is 0.156. The van der Waals surface area contributed by atoms with E-state index in [1.165, 1.54) is 24.3 Å². The fourth-order valence-electron chi connectivity index (χ4n) is 2.81. The lowest BCUT2D eigenvalue weighted by Gasteiger charge is -2.16. The lowest BCUT2D eigenvalue weighted by Crippen LogP contribution is -2.20. The van der Waals surface area contributed by atoms with Gasteiger partial charge in [0.25, 0.3) is 0 Å². The second-order valence-corrected chi connectivity index (χ2v) is 8.15. The molecular weight excluding hydrogens is 453 g/mol. The predicted molar refractivity (Wildman–Crippen MR) is 130 cm³/mol. The van der Waals surface area contributed by atoms with Gasteiger partial charge in [-0.2, -0.15) is 11.8 Å². The van der Waals surface area contributed by atoms with Crippen LogP contribution < -0.4 is 26.3 Å². The Morgan fingerprint density at radius 2 is 1.94 bits per heavy atom. The number of benzene rings is 2. The maximum Gasteiger partial charge on any atom is 0.208 e. The van der Waals surface area contributed by atoms with Gasteiger partial charge in [-0.15, -0.1) is 0 Å². The van der Waals surface area contributed by atoms with Crippen molar-refractivity contribution in [1.29, 1.82) is 0 Å². The zero-order valence-electron chi connectivity index (χ0n) is 18.4. The Hall–Kier alpha value is -2.71. The molecule has 0 aromatic heterocycles. The number of halogens is 2. The summed E-state index contributed by atoms with van der Waals surface area (Å²) < 4.78 is 30.6. The van der Waals surface area contributed by atoms with Gasteiger partial charge < -0.3 is 31.0 Å². The molecule has 0 saturated heterocycles. The topological polar surface area (TPSA) is 91.8 Å². The van der Waals surface area contributed by atoms with Crippen LogP contribution in [0.25, 0.3) is 5.70 Å². The lowest BCUT2D eigenvalue weighted by atomic mass is 10.1. The van der Waals surface area contributed by atoms with Crippen molar-refractivity contribution in [2.24, 2.45) is 11.5 Å². The molecular formula is C23H29ClFN3O3S. The van der Waals surface area contributed by atoms with Crippen molar-refractivity contribution in [2.45, 2.75) is 13.0 Å². The third-order valence-electron chi connectivity index (χ3n) is 4.52. The molecule has 2 rings (SSSR count). The number of rotatable bonds is 12. The monoisotopic (exact) mass is 481 g/mol. The Morgan fingerprint density at radius 1 is 1.16 bits per heavy atom. The highest BCUT2D eigenvalue weighted by Gasteiger charge is 2.11. The normalized spacial score (nSPS) is 12.2. The molecule has 0 spiro atoms. The van der Waals surface area contributed by atoms with Crippen molar-refractivity contribution in [3.63, 3.8) is 0 Å². The van der Waals surface area contributed by atoms with E-state index >= 15 is 0 Å². The van der Waals surface area contributed by atoms with Crippen LogP contribution >= 0.6 is 23.4 Å². The number of hydrogen-bond acceptors (Lipinski definition) is 7. The van der Waals surface area contributed by atoms with Gasteiger partial charge in [0.1, 0.15) is 17.3 Å². The zero-order valence-corrected chi connectivity index (χ0v) is 20.0. The molecule has 0 amide bonds. The first-order chi connectivity index (χ1) is 15.4. The van der Waals surface area contributed by atoms with Crippen LogP contribution in [-0.2, 0) is 11.3 Å². The summed E-state index contributed by atoms with van der Waals surface area (Å²) >= 11 is 7.73. The number of methoxy groups -OCH3 is 2. The number of nitrogens with one attached hydrogen (secondary N) is 1. The number of hydrogen-bond donors (Lipinski definition) is 3. The Morgan fingerprint density at radius 3 is 2.62 bits per heavy atom. The van der Waals surface area contributed by atoms with Gasteiger partial charge in [0.05, 0.1) is 26.5 Å². The van der Waals surface area contributed by atoms with Gasteiger partial charge in [-0.25, -0.2) is 4.39 Å². The van der Waals surface area contributed by atoms with Gasteiger partial charge >= 0.3 is 0 Å². The standard InChI is InChI=1S/C23H29ClFN3O3S/c1-29-17-7-5-15(22(12-17)30-2)14-28-21(23(27)31-9-4-10-32-3)13-20(26)18-11-16(24)6-8-19(18)25/h5-8,11-13,28H,4,9-10,14,26-27H2,1-3H3/b20-13-,23-21-. The van der Waals surface area contributed by atoms with Gasteiger partial charge in [-0.3, -0.25) is 0 Å². The first kappa shape index (κ1) is 25.5. The van der Waals surface area contributed by atoms with Crippen LogP contribution in [0.1, 0.15) is 17.5 Å². The fourth-order valence-corrected chi connectivity index (χ4v) is 3.39. The van der Waals surface area contributed by atoms with E-state index in [0.29, 0.717) is 35.4 Å². The largest absolute Gasteiger partial charge is 0.497 e. The van der Waals surface area contributed by atoms with Crippen LogP contribution in [0, 0.1) is 5.82 Å². The highest BCUT2D eigenvalue weighted by Crippen LogP contribution is 2.25. The minimum Gasteiger partial charge on any atom is -0.497 e. The maximum atomic E-state index is 14.3. The molecule has 0 radical (unpaired) electrons. The minimum atomic E-state index is -0.487. The van der Waals surface area contributed by atoms with Crippen LogP contribution in [0.2, 0.25) is 5.02 Å². The van der Waals surface area contributed by atoms with E-state index in [2.05, 4.69) is 5.32 Å². The van der Waals surface area contributed by atoms with Crippen molar-refractivity contribution in [3.05, 3.63) is 76.0 Å². The smallest absolute Gasteiger partial charge is 0.208 e. The molecule has 0 bridgehead atoms. The molecule has 0 aliphatic heterocycles. The molecule has 2 aromatic rings. The van der Waals surface area contributed by atoms with Crippen molar-refractivity contribution < 1.29 is 18.6 Å². The molecule has 5 N–H and O–H groups in total. The summed E-state index contributed by atoms with van der Waals surface area (Å²) in [5.41, 5.74) is 14.0. The van der Waals surface area contributed by atoms with E-state index in [1.807, 2.05) is 18.4 Å². The number of ether oxygens (including phenoxy) is 3.